The van der Waals surface area contributed by atoms with E-state index >= 15 is 0 Å². The van der Waals surface area contributed by atoms with Crippen LogP contribution in [0.2, 0.25) is 0 Å². The van der Waals surface area contributed by atoms with E-state index < -0.39 is 13.8 Å². The number of benzene rings is 4. The highest BCUT2D eigenvalue weighted by Gasteiger charge is 2.23. The fraction of sp³-hybridized carbons (Fsp3) is 0.0455. The van der Waals surface area contributed by atoms with E-state index in [-0.39, 0.29) is 17.9 Å². The maximum Gasteiger partial charge on any atom is 0.527 e. The largest absolute Gasteiger partial charge is 0.527 e. The first kappa shape index (κ1) is 19.2. The number of fused-ring (bicyclic) bond motifs is 2. The number of hydrogen-bond acceptors (Lipinski definition) is 4. The predicted molar refractivity (Wildman–Crippen MR) is 110 cm³/mol. The van der Waals surface area contributed by atoms with Gasteiger partial charge in [-0.25, -0.2) is 9.36 Å². The third-order valence-electron chi connectivity index (χ3n) is 4.49. The summed E-state index contributed by atoms with van der Waals surface area (Å²) in [5, 5.41) is 12.9. The Bertz CT molecular complexity index is 1250. The highest BCUT2D eigenvalue weighted by atomic mass is 31.2. The molecule has 0 heterocycles. The Kier molecular flexibility index (Phi) is 5.07. The van der Waals surface area contributed by atoms with Crippen molar-refractivity contribution in [3.63, 3.8) is 0 Å². The zero-order valence-corrected chi connectivity index (χ0v) is 16.1. The Morgan fingerprint density at radius 3 is 2.10 bits per heavy atom. The van der Waals surface area contributed by atoms with Crippen molar-refractivity contribution in [1.29, 1.82) is 0 Å². The van der Waals surface area contributed by atoms with E-state index in [1.165, 1.54) is 24.3 Å². The first-order valence-corrected chi connectivity index (χ1v) is 10.3. The van der Waals surface area contributed by atoms with Gasteiger partial charge in [0.25, 0.3) is 0 Å². The van der Waals surface area contributed by atoms with Crippen molar-refractivity contribution in [2.75, 3.05) is 0 Å². The second kappa shape index (κ2) is 7.68. The SMILES string of the molecule is O=C(O)c1ccc(COP(=O)(O)Oc2ccc3cc4ccccc4cc3c2)cc1. The summed E-state index contributed by atoms with van der Waals surface area (Å²) in [7, 11) is -4.35. The lowest BCUT2D eigenvalue weighted by Crippen LogP contribution is -1.99. The summed E-state index contributed by atoms with van der Waals surface area (Å²) in [4.78, 5) is 20.9. The number of rotatable bonds is 6. The van der Waals surface area contributed by atoms with Crippen molar-refractivity contribution in [3.05, 3.63) is 90.0 Å². The Balaban J connectivity index is 1.49. The molecule has 0 saturated carbocycles. The molecule has 0 bridgehead atoms. The molecule has 0 fully saturated rings. The van der Waals surface area contributed by atoms with Crippen LogP contribution >= 0.6 is 7.82 Å². The third-order valence-corrected chi connectivity index (χ3v) is 5.39. The molecular formula is C22H17O6P. The van der Waals surface area contributed by atoms with Crippen LogP contribution < -0.4 is 4.52 Å². The fourth-order valence-electron chi connectivity index (χ4n) is 3.03. The Morgan fingerprint density at radius 1 is 0.828 bits per heavy atom. The van der Waals surface area contributed by atoms with Crippen LogP contribution in [0.1, 0.15) is 15.9 Å². The molecule has 146 valence electrons. The van der Waals surface area contributed by atoms with E-state index in [4.69, 9.17) is 14.2 Å². The monoisotopic (exact) mass is 408 g/mol. The van der Waals surface area contributed by atoms with Gasteiger partial charge in [-0.05, 0) is 63.5 Å². The molecule has 29 heavy (non-hydrogen) atoms. The minimum Gasteiger partial charge on any atom is -0.478 e. The standard InChI is InChI=1S/C22H17O6P/c23-22(24)16-7-5-15(6-8-16)14-27-29(25,26)28-21-10-9-19-11-17-3-1-2-4-18(17)12-20(19)13-21/h1-13H,14H2,(H,23,24)(H,25,26). The number of carboxylic acid groups (broad SMARTS) is 1. The number of phosphoric ester groups is 1. The summed E-state index contributed by atoms with van der Waals surface area (Å²) in [6.07, 6.45) is 0. The predicted octanol–water partition coefficient (Wildman–Crippen LogP) is 5.39. The lowest BCUT2D eigenvalue weighted by Gasteiger charge is -2.14. The van der Waals surface area contributed by atoms with Gasteiger partial charge in [-0.15, -0.1) is 0 Å². The molecule has 4 aromatic rings. The minimum atomic E-state index is -4.35. The second-order valence-corrected chi connectivity index (χ2v) is 7.92. The highest BCUT2D eigenvalue weighted by molar-refractivity contribution is 7.47. The summed E-state index contributed by atoms with van der Waals surface area (Å²) < 4.78 is 22.5. The molecule has 0 radical (unpaired) electrons. The molecule has 0 aliphatic heterocycles. The average molecular weight is 408 g/mol. The van der Waals surface area contributed by atoms with Crippen LogP contribution in [0.5, 0.6) is 5.75 Å². The zero-order valence-electron chi connectivity index (χ0n) is 15.2. The number of phosphoric acid groups is 1. The molecule has 6 nitrogen and oxygen atoms in total. The normalized spacial score (nSPS) is 13.3. The quantitative estimate of drug-likeness (QED) is 0.328. The average Bonchev–Trinajstić information content (AvgIpc) is 2.71. The molecule has 7 heteroatoms. The van der Waals surface area contributed by atoms with Gasteiger partial charge in [0.15, 0.2) is 0 Å². The first-order chi connectivity index (χ1) is 13.9. The highest BCUT2D eigenvalue weighted by Crippen LogP contribution is 2.45. The number of hydrogen-bond donors (Lipinski definition) is 2. The van der Waals surface area contributed by atoms with E-state index in [2.05, 4.69) is 0 Å². The molecule has 1 unspecified atom stereocenters. The van der Waals surface area contributed by atoms with E-state index in [0.29, 0.717) is 5.56 Å². The molecule has 0 aromatic heterocycles. The van der Waals surface area contributed by atoms with Crippen LogP contribution in [0.4, 0.5) is 0 Å². The Labute approximate surface area is 166 Å². The first-order valence-electron chi connectivity index (χ1n) is 8.81. The molecule has 0 aliphatic carbocycles. The van der Waals surface area contributed by atoms with Crippen molar-refractivity contribution in [1.82, 2.24) is 0 Å². The van der Waals surface area contributed by atoms with Gasteiger partial charge in [0.05, 0.1) is 12.2 Å². The van der Waals surface area contributed by atoms with Gasteiger partial charge in [0.1, 0.15) is 5.75 Å². The van der Waals surface area contributed by atoms with Crippen LogP contribution in [0, 0.1) is 0 Å². The van der Waals surface area contributed by atoms with E-state index in [1.54, 1.807) is 12.1 Å². The van der Waals surface area contributed by atoms with Gasteiger partial charge < -0.3 is 9.63 Å². The maximum atomic E-state index is 12.3. The fourth-order valence-corrected chi connectivity index (χ4v) is 3.78. The van der Waals surface area contributed by atoms with Crippen LogP contribution in [0.15, 0.2) is 78.9 Å². The Hall–Kier alpha value is -3.18. The maximum absolute atomic E-state index is 12.3. The topological polar surface area (TPSA) is 93.1 Å². The summed E-state index contributed by atoms with van der Waals surface area (Å²) in [5.74, 6) is -0.822. The number of aromatic carboxylic acids is 1. The molecule has 0 spiro atoms. The van der Waals surface area contributed by atoms with Gasteiger partial charge in [-0.1, -0.05) is 42.5 Å². The van der Waals surface area contributed by atoms with Crippen LogP contribution in [-0.2, 0) is 15.7 Å². The van der Waals surface area contributed by atoms with E-state index in [1.807, 2.05) is 42.5 Å². The summed E-state index contributed by atoms with van der Waals surface area (Å²) >= 11 is 0. The third kappa shape index (κ3) is 4.46. The van der Waals surface area contributed by atoms with Crippen LogP contribution in [0.25, 0.3) is 21.5 Å². The van der Waals surface area contributed by atoms with Crippen LogP contribution in [0.3, 0.4) is 0 Å². The molecule has 1 atom stereocenters. The molecule has 0 aliphatic rings. The molecule has 0 saturated heterocycles. The minimum absolute atomic E-state index is 0.126. The number of carbonyl (C=O) groups is 1. The van der Waals surface area contributed by atoms with Gasteiger partial charge in [0.2, 0.25) is 0 Å². The van der Waals surface area contributed by atoms with Gasteiger partial charge in [-0.2, -0.15) is 0 Å². The summed E-state index contributed by atoms with van der Waals surface area (Å²) in [6.45, 7) is -0.189. The lowest BCUT2D eigenvalue weighted by atomic mass is 10.0. The van der Waals surface area contributed by atoms with Gasteiger partial charge >= 0.3 is 13.8 Å². The van der Waals surface area contributed by atoms with E-state index in [0.717, 1.165) is 21.5 Å². The van der Waals surface area contributed by atoms with Crippen molar-refractivity contribution in [2.45, 2.75) is 6.61 Å². The van der Waals surface area contributed by atoms with Crippen molar-refractivity contribution >= 4 is 35.3 Å². The molecule has 2 N–H and O–H groups in total. The summed E-state index contributed by atoms with van der Waals surface area (Å²) in [5.41, 5.74) is 0.679. The van der Waals surface area contributed by atoms with Crippen molar-refractivity contribution in [2.24, 2.45) is 0 Å². The Morgan fingerprint density at radius 2 is 1.45 bits per heavy atom. The molecule has 4 aromatic carbocycles. The summed E-state index contributed by atoms with van der Waals surface area (Å²) in [6, 6.07) is 23.0. The second-order valence-electron chi connectivity index (χ2n) is 6.54. The number of carboxylic acids is 1. The molecular weight excluding hydrogens is 391 g/mol. The van der Waals surface area contributed by atoms with Crippen LogP contribution in [-0.4, -0.2) is 16.0 Å². The van der Waals surface area contributed by atoms with E-state index in [9.17, 15) is 14.3 Å². The van der Waals surface area contributed by atoms with Crippen molar-refractivity contribution < 1.29 is 28.4 Å². The van der Waals surface area contributed by atoms with Crippen molar-refractivity contribution in [3.8, 4) is 5.75 Å². The van der Waals surface area contributed by atoms with Gasteiger partial charge in [-0.3, -0.25) is 9.42 Å². The zero-order chi connectivity index (χ0) is 20.4. The molecule has 4 rings (SSSR count). The molecule has 0 amide bonds. The smallest absolute Gasteiger partial charge is 0.478 e. The lowest BCUT2D eigenvalue weighted by molar-refractivity contribution is 0.0696. The van der Waals surface area contributed by atoms with Gasteiger partial charge in [0, 0.05) is 0 Å².